The number of methoxy groups -OCH3 is 1. The summed E-state index contributed by atoms with van der Waals surface area (Å²) in [5, 5.41) is 2.14. The summed E-state index contributed by atoms with van der Waals surface area (Å²) in [7, 11) is 1.68. The predicted octanol–water partition coefficient (Wildman–Crippen LogP) is 4.21. The molecule has 29 heavy (non-hydrogen) atoms. The summed E-state index contributed by atoms with van der Waals surface area (Å²) >= 11 is 0. The van der Waals surface area contributed by atoms with Gasteiger partial charge in [0, 0.05) is 44.2 Å². The van der Waals surface area contributed by atoms with Crippen molar-refractivity contribution in [2.75, 3.05) is 33.3 Å². The lowest BCUT2D eigenvalue weighted by molar-refractivity contribution is -0.127. The van der Waals surface area contributed by atoms with Gasteiger partial charge in [-0.05, 0) is 28.7 Å². The second kappa shape index (κ2) is 8.93. The number of hydrogen-bond acceptors (Lipinski definition) is 3. The Hall–Kier alpha value is -3.11. The van der Waals surface area contributed by atoms with E-state index in [-0.39, 0.29) is 5.91 Å². The Balaban J connectivity index is 1.39. The number of nitrogens with zero attached hydrogens (tertiary/aromatic N) is 2. The van der Waals surface area contributed by atoms with Crippen molar-refractivity contribution in [3.63, 3.8) is 0 Å². The highest BCUT2D eigenvalue weighted by atomic mass is 16.5. The summed E-state index contributed by atoms with van der Waals surface area (Å²) in [5.74, 6) is 0.919. The molecule has 0 atom stereocenters. The maximum absolute atomic E-state index is 12.7. The van der Waals surface area contributed by atoms with Gasteiger partial charge in [0.05, 0.1) is 7.11 Å². The van der Waals surface area contributed by atoms with Crippen LogP contribution in [0.3, 0.4) is 0 Å². The summed E-state index contributed by atoms with van der Waals surface area (Å²) in [6, 6.07) is 22.6. The molecular weight excluding hydrogens is 360 g/mol. The van der Waals surface area contributed by atoms with Crippen LogP contribution in [-0.2, 0) is 11.3 Å². The van der Waals surface area contributed by atoms with Crippen molar-refractivity contribution < 1.29 is 9.53 Å². The first-order valence-corrected chi connectivity index (χ1v) is 10.0. The van der Waals surface area contributed by atoms with Gasteiger partial charge in [0.25, 0.3) is 0 Å². The number of fused-ring (bicyclic) bond motifs is 1. The van der Waals surface area contributed by atoms with Crippen molar-refractivity contribution in [2.45, 2.75) is 6.54 Å². The van der Waals surface area contributed by atoms with Crippen molar-refractivity contribution >= 4 is 22.8 Å². The molecule has 1 heterocycles. The van der Waals surface area contributed by atoms with Crippen molar-refractivity contribution in [3.05, 3.63) is 83.9 Å². The summed E-state index contributed by atoms with van der Waals surface area (Å²) < 4.78 is 5.45. The Labute approximate surface area is 172 Å². The average Bonchev–Trinajstić information content (AvgIpc) is 2.78. The molecule has 3 aromatic rings. The first-order valence-electron chi connectivity index (χ1n) is 10.0. The first-order chi connectivity index (χ1) is 14.2. The average molecular weight is 386 g/mol. The van der Waals surface area contributed by atoms with E-state index in [1.807, 2.05) is 47.4 Å². The molecule has 4 heteroatoms. The molecule has 148 valence electrons. The molecule has 0 saturated carbocycles. The van der Waals surface area contributed by atoms with Gasteiger partial charge in [0.2, 0.25) is 5.91 Å². The molecule has 0 aromatic heterocycles. The molecule has 0 unspecified atom stereocenters. The maximum atomic E-state index is 12.7. The van der Waals surface area contributed by atoms with Crippen LogP contribution < -0.4 is 4.74 Å². The lowest BCUT2D eigenvalue weighted by atomic mass is 10.0. The molecular formula is C25H26N2O2. The molecule has 1 amide bonds. The Bertz CT molecular complexity index is 1010. The smallest absolute Gasteiger partial charge is 0.246 e. The normalized spacial score (nSPS) is 15.1. The van der Waals surface area contributed by atoms with E-state index in [4.69, 9.17) is 4.74 Å². The summed E-state index contributed by atoms with van der Waals surface area (Å²) in [5.41, 5.74) is 2.34. The molecule has 4 rings (SSSR count). The third-order valence-corrected chi connectivity index (χ3v) is 5.48. The number of carbonyl (C=O) groups excluding carboxylic acids is 1. The predicted molar refractivity (Wildman–Crippen MR) is 118 cm³/mol. The molecule has 0 N–H and O–H groups in total. The number of hydrogen-bond donors (Lipinski definition) is 0. The van der Waals surface area contributed by atoms with Gasteiger partial charge in [-0.25, -0.2) is 0 Å². The fraction of sp³-hybridized carbons (Fsp3) is 0.240. The standard InChI is InChI=1S/C25H26N2O2/c1-29-24-13-11-21(22-9-5-6-10-23(22)24)12-14-25(28)27-17-15-26(16-18-27)19-20-7-3-2-4-8-20/h2-14H,15-19H2,1H3/b14-12+. The lowest BCUT2D eigenvalue weighted by Gasteiger charge is -2.34. The van der Waals surface area contributed by atoms with E-state index < -0.39 is 0 Å². The Morgan fingerprint density at radius 2 is 1.59 bits per heavy atom. The minimum atomic E-state index is 0.0734. The van der Waals surface area contributed by atoms with Crippen LogP contribution in [0.4, 0.5) is 0 Å². The van der Waals surface area contributed by atoms with Crippen molar-refractivity contribution in [2.24, 2.45) is 0 Å². The van der Waals surface area contributed by atoms with Crippen LogP contribution in [0.15, 0.2) is 72.8 Å². The molecule has 0 spiro atoms. The Morgan fingerprint density at radius 3 is 2.31 bits per heavy atom. The van der Waals surface area contributed by atoms with Crippen molar-refractivity contribution in [3.8, 4) is 5.75 Å². The summed E-state index contributed by atoms with van der Waals surface area (Å²) in [6.45, 7) is 4.27. The van der Waals surface area contributed by atoms with Gasteiger partial charge in [0.1, 0.15) is 5.75 Å². The van der Waals surface area contributed by atoms with E-state index >= 15 is 0 Å². The number of rotatable bonds is 5. The van der Waals surface area contributed by atoms with Crippen LogP contribution in [-0.4, -0.2) is 49.0 Å². The van der Waals surface area contributed by atoms with Gasteiger partial charge >= 0.3 is 0 Å². The zero-order chi connectivity index (χ0) is 20.1. The van der Waals surface area contributed by atoms with E-state index in [1.54, 1.807) is 13.2 Å². The van der Waals surface area contributed by atoms with Gasteiger partial charge in [0.15, 0.2) is 0 Å². The molecule has 3 aromatic carbocycles. The monoisotopic (exact) mass is 386 g/mol. The van der Waals surface area contributed by atoms with E-state index in [2.05, 4.69) is 35.2 Å². The molecule has 1 aliphatic rings. The molecule has 1 saturated heterocycles. The molecule has 4 nitrogen and oxygen atoms in total. The summed E-state index contributed by atoms with van der Waals surface area (Å²) in [6.07, 6.45) is 3.61. The highest BCUT2D eigenvalue weighted by Gasteiger charge is 2.19. The number of amides is 1. The van der Waals surface area contributed by atoms with Crippen LogP contribution in [0.5, 0.6) is 5.75 Å². The number of benzene rings is 3. The number of piperazine rings is 1. The minimum Gasteiger partial charge on any atom is -0.496 e. The quantitative estimate of drug-likeness (QED) is 0.616. The van der Waals surface area contributed by atoms with Gasteiger partial charge in [-0.1, -0.05) is 60.7 Å². The van der Waals surface area contributed by atoms with Crippen molar-refractivity contribution in [1.29, 1.82) is 0 Å². The van der Waals surface area contributed by atoms with Gasteiger partial charge < -0.3 is 9.64 Å². The van der Waals surface area contributed by atoms with Crippen LogP contribution >= 0.6 is 0 Å². The zero-order valence-electron chi connectivity index (χ0n) is 16.8. The molecule has 0 bridgehead atoms. The third-order valence-electron chi connectivity index (χ3n) is 5.48. The van der Waals surface area contributed by atoms with Crippen molar-refractivity contribution in [1.82, 2.24) is 9.80 Å². The van der Waals surface area contributed by atoms with Gasteiger partial charge in [-0.3, -0.25) is 9.69 Å². The fourth-order valence-electron chi connectivity index (χ4n) is 3.85. The van der Waals surface area contributed by atoms with Crippen LogP contribution in [0.1, 0.15) is 11.1 Å². The highest BCUT2D eigenvalue weighted by Crippen LogP contribution is 2.29. The summed E-state index contributed by atoms with van der Waals surface area (Å²) in [4.78, 5) is 17.0. The number of carbonyl (C=O) groups is 1. The Kier molecular flexibility index (Phi) is 5.92. The molecule has 1 aliphatic heterocycles. The van der Waals surface area contributed by atoms with Gasteiger partial charge in [-0.2, -0.15) is 0 Å². The highest BCUT2D eigenvalue weighted by molar-refractivity contribution is 5.98. The second-order valence-electron chi connectivity index (χ2n) is 7.32. The SMILES string of the molecule is COc1ccc(/C=C/C(=O)N2CCN(Cc3ccccc3)CC2)c2ccccc12. The topological polar surface area (TPSA) is 32.8 Å². The van der Waals surface area contributed by atoms with Gasteiger partial charge in [-0.15, -0.1) is 0 Å². The lowest BCUT2D eigenvalue weighted by Crippen LogP contribution is -2.47. The molecule has 1 fully saturated rings. The number of ether oxygens (including phenoxy) is 1. The molecule has 0 radical (unpaired) electrons. The largest absolute Gasteiger partial charge is 0.496 e. The van der Waals surface area contributed by atoms with Crippen LogP contribution in [0, 0.1) is 0 Å². The maximum Gasteiger partial charge on any atom is 0.246 e. The third kappa shape index (κ3) is 4.49. The van der Waals surface area contributed by atoms with E-state index in [0.717, 1.165) is 54.8 Å². The molecule has 0 aliphatic carbocycles. The van der Waals surface area contributed by atoms with E-state index in [0.29, 0.717) is 0 Å². The Morgan fingerprint density at radius 1 is 0.897 bits per heavy atom. The fourth-order valence-corrected chi connectivity index (χ4v) is 3.85. The van der Waals surface area contributed by atoms with E-state index in [1.165, 1.54) is 5.56 Å². The zero-order valence-corrected chi connectivity index (χ0v) is 16.8. The first kappa shape index (κ1) is 19.2. The van der Waals surface area contributed by atoms with E-state index in [9.17, 15) is 4.79 Å². The van der Waals surface area contributed by atoms with Crippen LogP contribution in [0.25, 0.3) is 16.8 Å². The second-order valence-corrected chi connectivity index (χ2v) is 7.32. The van der Waals surface area contributed by atoms with Crippen LogP contribution in [0.2, 0.25) is 0 Å². The minimum absolute atomic E-state index is 0.0734.